The first-order valence-electron chi connectivity index (χ1n) is 6.50. The van der Waals surface area contributed by atoms with Gasteiger partial charge >= 0.3 is 0 Å². The van der Waals surface area contributed by atoms with Gasteiger partial charge < -0.3 is 9.67 Å². The van der Waals surface area contributed by atoms with Gasteiger partial charge in [0.2, 0.25) is 0 Å². The van der Waals surface area contributed by atoms with Crippen molar-refractivity contribution >= 4 is 21.4 Å². The maximum absolute atomic E-state index is 13.1. The quantitative estimate of drug-likeness (QED) is 0.900. The standard InChI is InChI=1S/C14H16ClFN2O3S/c1-9-5-10(16)3-4-11(9)12(19)7-22(20,21)8-14-17-6-13(15)18(14)2/h3-6,12,19H,7-8H2,1-2H3. The Morgan fingerprint density at radius 1 is 1.45 bits per heavy atom. The number of aryl methyl sites for hydroxylation is 1. The van der Waals surface area contributed by atoms with Gasteiger partial charge in [0.15, 0.2) is 9.84 Å². The van der Waals surface area contributed by atoms with Gasteiger partial charge in [-0.05, 0) is 30.2 Å². The van der Waals surface area contributed by atoms with E-state index < -0.39 is 27.5 Å². The van der Waals surface area contributed by atoms with Crippen LogP contribution in [0, 0.1) is 12.7 Å². The molecule has 0 saturated heterocycles. The third kappa shape index (κ3) is 3.85. The van der Waals surface area contributed by atoms with Crippen molar-refractivity contribution in [3.63, 3.8) is 0 Å². The van der Waals surface area contributed by atoms with Gasteiger partial charge in [0.05, 0.1) is 18.1 Å². The largest absolute Gasteiger partial charge is 0.387 e. The van der Waals surface area contributed by atoms with Crippen LogP contribution in [0.5, 0.6) is 0 Å². The van der Waals surface area contributed by atoms with Crippen LogP contribution in [0.4, 0.5) is 4.39 Å². The maximum Gasteiger partial charge on any atom is 0.160 e. The first-order valence-corrected chi connectivity index (χ1v) is 8.70. The van der Waals surface area contributed by atoms with E-state index in [9.17, 15) is 17.9 Å². The third-order valence-electron chi connectivity index (χ3n) is 3.38. The fourth-order valence-electron chi connectivity index (χ4n) is 2.16. The molecular formula is C14H16ClFN2O3S. The second-order valence-electron chi connectivity index (χ2n) is 5.13. The smallest absolute Gasteiger partial charge is 0.160 e. The van der Waals surface area contributed by atoms with Crippen LogP contribution in [0.1, 0.15) is 23.1 Å². The average Bonchev–Trinajstić information content (AvgIpc) is 2.69. The Hall–Kier alpha value is -1.44. The minimum atomic E-state index is -3.60. The number of sulfone groups is 1. The first kappa shape index (κ1) is 16.9. The molecule has 1 aromatic carbocycles. The summed E-state index contributed by atoms with van der Waals surface area (Å²) in [6, 6.07) is 3.84. The van der Waals surface area contributed by atoms with E-state index in [1.807, 2.05) is 0 Å². The molecule has 1 N–H and O–H groups in total. The molecule has 22 heavy (non-hydrogen) atoms. The van der Waals surface area contributed by atoms with Gasteiger partial charge in [0.1, 0.15) is 22.5 Å². The van der Waals surface area contributed by atoms with Crippen molar-refractivity contribution in [3.8, 4) is 0 Å². The number of rotatable bonds is 5. The van der Waals surface area contributed by atoms with Crippen LogP contribution >= 0.6 is 11.6 Å². The summed E-state index contributed by atoms with van der Waals surface area (Å²) >= 11 is 5.82. The molecule has 0 fully saturated rings. The van der Waals surface area contributed by atoms with Crippen LogP contribution in [-0.4, -0.2) is 28.8 Å². The molecule has 0 saturated carbocycles. The van der Waals surface area contributed by atoms with Crippen molar-refractivity contribution in [1.82, 2.24) is 9.55 Å². The minimum Gasteiger partial charge on any atom is -0.387 e. The summed E-state index contributed by atoms with van der Waals surface area (Å²) in [6.45, 7) is 1.62. The van der Waals surface area contributed by atoms with Crippen LogP contribution in [0.25, 0.3) is 0 Å². The van der Waals surface area contributed by atoms with Crippen molar-refractivity contribution in [3.05, 3.63) is 52.3 Å². The Labute approximate surface area is 133 Å². The summed E-state index contributed by atoms with van der Waals surface area (Å²) in [5.74, 6) is -0.927. The van der Waals surface area contributed by atoms with Crippen molar-refractivity contribution in [2.24, 2.45) is 7.05 Å². The molecule has 5 nitrogen and oxygen atoms in total. The summed E-state index contributed by atoms with van der Waals surface area (Å²) in [6.07, 6.45) is 0.147. The Morgan fingerprint density at radius 3 is 2.68 bits per heavy atom. The molecule has 0 radical (unpaired) electrons. The Morgan fingerprint density at radius 2 is 2.14 bits per heavy atom. The summed E-state index contributed by atoms with van der Waals surface area (Å²) in [5.41, 5.74) is 0.894. The summed E-state index contributed by atoms with van der Waals surface area (Å²) in [5, 5.41) is 10.5. The van der Waals surface area contributed by atoms with Crippen LogP contribution in [0.3, 0.4) is 0 Å². The zero-order chi connectivity index (χ0) is 16.5. The van der Waals surface area contributed by atoms with Crippen LogP contribution in [0.15, 0.2) is 24.4 Å². The van der Waals surface area contributed by atoms with Crippen molar-refractivity contribution < 1.29 is 17.9 Å². The molecule has 120 valence electrons. The SMILES string of the molecule is Cc1cc(F)ccc1C(O)CS(=O)(=O)Cc1ncc(Cl)n1C. The average molecular weight is 347 g/mol. The van der Waals surface area contributed by atoms with E-state index in [2.05, 4.69) is 4.98 Å². The zero-order valence-corrected chi connectivity index (χ0v) is 13.7. The second-order valence-corrected chi connectivity index (χ2v) is 7.62. The lowest BCUT2D eigenvalue weighted by atomic mass is 10.0. The fourth-order valence-corrected chi connectivity index (χ4v) is 3.74. The van der Waals surface area contributed by atoms with Crippen molar-refractivity contribution in [1.29, 1.82) is 0 Å². The highest BCUT2D eigenvalue weighted by atomic mass is 35.5. The van der Waals surface area contributed by atoms with E-state index in [1.54, 1.807) is 14.0 Å². The minimum absolute atomic E-state index is 0.299. The monoisotopic (exact) mass is 346 g/mol. The number of benzene rings is 1. The molecule has 1 unspecified atom stereocenters. The lowest BCUT2D eigenvalue weighted by Gasteiger charge is -2.14. The van der Waals surface area contributed by atoms with Gasteiger partial charge in [-0.25, -0.2) is 17.8 Å². The first-order chi connectivity index (χ1) is 10.2. The van der Waals surface area contributed by atoms with E-state index in [-0.39, 0.29) is 5.75 Å². The van der Waals surface area contributed by atoms with Gasteiger partial charge in [-0.1, -0.05) is 17.7 Å². The highest BCUT2D eigenvalue weighted by Crippen LogP contribution is 2.22. The van der Waals surface area contributed by atoms with Gasteiger partial charge in [0.25, 0.3) is 0 Å². The lowest BCUT2D eigenvalue weighted by Crippen LogP contribution is -2.18. The molecule has 0 spiro atoms. The molecule has 0 aliphatic rings. The molecule has 1 atom stereocenters. The topological polar surface area (TPSA) is 72.2 Å². The second kappa shape index (κ2) is 6.36. The highest BCUT2D eigenvalue weighted by Gasteiger charge is 2.22. The van der Waals surface area contributed by atoms with E-state index >= 15 is 0 Å². The predicted octanol–water partition coefficient (Wildman–Crippen LogP) is 2.17. The molecule has 2 rings (SSSR count). The molecule has 1 heterocycles. The molecule has 0 bridgehead atoms. The summed E-state index contributed by atoms with van der Waals surface area (Å²) in [7, 11) is -1.99. The van der Waals surface area contributed by atoms with Crippen molar-refractivity contribution in [2.45, 2.75) is 18.8 Å². The van der Waals surface area contributed by atoms with Gasteiger partial charge in [-0.2, -0.15) is 0 Å². The van der Waals surface area contributed by atoms with E-state index in [4.69, 9.17) is 11.6 Å². The maximum atomic E-state index is 13.1. The Kier molecular flexibility index (Phi) is 4.89. The normalized spacial score (nSPS) is 13.3. The number of hydrogen-bond donors (Lipinski definition) is 1. The molecule has 1 aromatic heterocycles. The molecular weight excluding hydrogens is 331 g/mol. The van der Waals surface area contributed by atoms with Gasteiger partial charge in [0, 0.05) is 7.05 Å². The van der Waals surface area contributed by atoms with Crippen LogP contribution < -0.4 is 0 Å². The van der Waals surface area contributed by atoms with Crippen molar-refractivity contribution in [2.75, 3.05) is 5.75 Å². The number of aromatic nitrogens is 2. The molecule has 0 aliphatic heterocycles. The van der Waals surface area contributed by atoms with Gasteiger partial charge in [-0.3, -0.25) is 0 Å². The molecule has 0 aliphatic carbocycles. The summed E-state index contributed by atoms with van der Waals surface area (Å²) in [4.78, 5) is 3.93. The molecule has 2 aromatic rings. The van der Waals surface area contributed by atoms with Crippen LogP contribution in [-0.2, 0) is 22.6 Å². The fraction of sp³-hybridized carbons (Fsp3) is 0.357. The molecule has 8 heteroatoms. The van der Waals surface area contributed by atoms with E-state index in [0.29, 0.717) is 22.1 Å². The number of halogens is 2. The number of hydrogen-bond acceptors (Lipinski definition) is 4. The Bertz CT molecular complexity index is 789. The summed E-state index contributed by atoms with van der Waals surface area (Å²) < 4.78 is 38.9. The zero-order valence-electron chi connectivity index (χ0n) is 12.1. The van der Waals surface area contributed by atoms with E-state index in [0.717, 1.165) is 0 Å². The highest BCUT2D eigenvalue weighted by molar-refractivity contribution is 7.90. The number of imidazole rings is 1. The number of nitrogens with zero attached hydrogens (tertiary/aromatic N) is 2. The Balaban J connectivity index is 2.16. The van der Waals surface area contributed by atoms with Gasteiger partial charge in [-0.15, -0.1) is 0 Å². The van der Waals surface area contributed by atoms with E-state index in [1.165, 1.54) is 29.0 Å². The number of aliphatic hydroxyl groups is 1. The lowest BCUT2D eigenvalue weighted by molar-refractivity contribution is 0.200. The van der Waals surface area contributed by atoms with Crippen LogP contribution in [0.2, 0.25) is 5.15 Å². The third-order valence-corrected chi connectivity index (χ3v) is 5.25. The predicted molar refractivity (Wildman–Crippen MR) is 81.8 cm³/mol. The number of aliphatic hydroxyl groups excluding tert-OH is 1. The molecule has 0 amide bonds.